The summed E-state index contributed by atoms with van der Waals surface area (Å²) >= 11 is 11.9. The van der Waals surface area contributed by atoms with Crippen molar-refractivity contribution in [2.45, 2.75) is 26.0 Å². The van der Waals surface area contributed by atoms with E-state index in [1.54, 1.807) is 19.1 Å². The number of hydrogen-bond acceptors (Lipinski definition) is 2. The van der Waals surface area contributed by atoms with E-state index < -0.39 is 0 Å². The fraction of sp³-hybridized carbons (Fsp3) is 0.455. The molecular formula is C11H15Cl2NO. The molecular weight excluding hydrogens is 233 g/mol. The summed E-state index contributed by atoms with van der Waals surface area (Å²) in [4.78, 5) is 0. The van der Waals surface area contributed by atoms with E-state index in [-0.39, 0.29) is 12.1 Å². The van der Waals surface area contributed by atoms with E-state index in [1.807, 2.05) is 13.0 Å². The summed E-state index contributed by atoms with van der Waals surface area (Å²) in [6.45, 7) is 4.25. The number of aliphatic hydroxyl groups is 1. The summed E-state index contributed by atoms with van der Waals surface area (Å²) in [6.07, 6.45) is -0.370. The van der Waals surface area contributed by atoms with Crippen molar-refractivity contribution in [1.82, 2.24) is 5.32 Å². The predicted molar refractivity (Wildman–Crippen MR) is 64.6 cm³/mol. The molecule has 0 heterocycles. The number of halogens is 2. The third-order valence-electron chi connectivity index (χ3n) is 2.14. The average Bonchev–Trinajstić information content (AvgIpc) is 2.18. The summed E-state index contributed by atoms with van der Waals surface area (Å²) in [5, 5.41) is 13.7. The lowest BCUT2D eigenvalue weighted by Crippen LogP contribution is -2.27. The molecule has 0 amide bonds. The molecule has 1 aromatic carbocycles. The number of rotatable bonds is 4. The van der Waals surface area contributed by atoms with Gasteiger partial charge in [-0.2, -0.15) is 0 Å². The molecule has 0 aromatic heterocycles. The normalized spacial score (nSPS) is 15.0. The van der Waals surface area contributed by atoms with Crippen molar-refractivity contribution in [3.63, 3.8) is 0 Å². The molecule has 0 spiro atoms. The van der Waals surface area contributed by atoms with Gasteiger partial charge in [-0.05, 0) is 37.6 Å². The predicted octanol–water partition coefficient (Wildman–Crippen LogP) is 3.02. The van der Waals surface area contributed by atoms with Gasteiger partial charge in [-0.25, -0.2) is 0 Å². The van der Waals surface area contributed by atoms with Crippen LogP contribution >= 0.6 is 23.2 Å². The molecule has 0 aliphatic heterocycles. The van der Waals surface area contributed by atoms with Gasteiger partial charge in [-0.15, -0.1) is 0 Å². The second kappa shape index (κ2) is 5.71. The van der Waals surface area contributed by atoms with Gasteiger partial charge in [0.25, 0.3) is 0 Å². The Morgan fingerprint density at radius 3 is 2.60 bits per heavy atom. The van der Waals surface area contributed by atoms with Crippen LogP contribution in [0.5, 0.6) is 0 Å². The lowest BCUT2D eigenvalue weighted by atomic mass is 10.1. The maximum absolute atomic E-state index is 9.15. The minimum atomic E-state index is -0.370. The zero-order valence-corrected chi connectivity index (χ0v) is 10.3. The van der Waals surface area contributed by atoms with E-state index in [4.69, 9.17) is 28.3 Å². The number of hydrogen-bond donors (Lipinski definition) is 2. The van der Waals surface area contributed by atoms with Crippen LogP contribution in [0.25, 0.3) is 0 Å². The van der Waals surface area contributed by atoms with Crippen LogP contribution in [0.1, 0.15) is 25.5 Å². The number of nitrogens with one attached hydrogen (secondary N) is 1. The molecule has 2 atom stereocenters. The summed E-state index contributed by atoms with van der Waals surface area (Å²) in [5.41, 5.74) is 0.949. The largest absolute Gasteiger partial charge is 0.392 e. The molecule has 1 aromatic rings. The van der Waals surface area contributed by atoms with Crippen LogP contribution in [0.3, 0.4) is 0 Å². The molecule has 2 nitrogen and oxygen atoms in total. The van der Waals surface area contributed by atoms with E-state index >= 15 is 0 Å². The molecule has 15 heavy (non-hydrogen) atoms. The van der Waals surface area contributed by atoms with Crippen LogP contribution < -0.4 is 5.32 Å². The van der Waals surface area contributed by atoms with Gasteiger partial charge in [0, 0.05) is 22.6 Å². The van der Waals surface area contributed by atoms with Crippen LogP contribution in [-0.4, -0.2) is 17.8 Å². The first-order valence-corrected chi connectivity index (χ1v) is 5.62. The van der Waals surface area contributed by atoms with Crippen LogP contribution in [0.2, 0.25) is 10.0 Å². The summed E-state index contributed by atoms with van der Waals surface area (Å²) < 4.78 is 0. The second-order valence-corrected chi connectivity index (χ2v) is 4.49. The summed E-state index contributed by atoms with van der Waals surface area (Å²) in [5.74, 6) is 0. The molecule has 2 N–H and O–H groups in total. The Morgan fingerprint density at radius 1 is 1.33 bits per heavy atom. The van der Waals surface area contributed by atoms with Crippen molar-refractivity contribution in [2.24, 2.45) is 0 Å². The summed E-state index contributed by atoms with van der Waals surface area (Å²) in [7, 11) is 0. The molecule has 1 rings (SSSR count). The molecule has 4 heteroatoms. The van der Waals surface area contributed by atoms with E-state index in [0.717, 1.165) is 5.56 Å². The fourth-order valence-electron chi connectivity index (χ4n) is 1.30. The first kappa shape index (κ1) is 12.8. The van der Waals surface area contributed by atoms with Crippen LogP contribution in [0.4, 0.5) is 0 Å². The standard InChI is InChI=1S/C11H15Cl2NO/c1-7(15)6-14-8(2)10-5-9(12)3-4-11(10)13/h3-5,7-8,14-15H,6H2,1-2H3/t7-,8-/m0/s1. The quantitative estimate of drug-likeness (QED) is 0.858. The highest BCUT2D eigenvalue weighted by Crippen LogP contribution is 2.25. The highest BCUT2D eigenvalue weighted by Gasteiger charge is 2.10. The molecule has 0 radical (unpaired) electrons. The number of benzene rings is 1. The van der Waals surface area contributed by atoms with Gasteiger partial charge < -0.3 is 10.4 Å². The smallest absolute Gasteiger partial charge is 0.0636 e. The van der Waals surface area contributed by atoms with Crippen molar-refractivity contribution in [3.8, 4) is 0 Å². The van der Waals surface area contributed by atoms with E-state index in [1.165, 1.54) is 0 Å². The Morgan fingerprint density at radius 2 is 2.00 bits per heavy atom. The Balaban J connectivity index is 2.72. The monoisotopic (exact) mass is 247 g/mol. The van der Waals surface area contributed by atoms with Crippen molar-refractivity contribution in [2.75, 3.05) is 6.54 Å². The molecule has 0 fully saturated rings. The maximum Gasteiger partial charge on any atom is 0.0636 e. The minimum Gasteiger partial charge on any atom is -0.392 e. The Labute approximate surface area is 100 Å². The Bertz CT molecular complexity index is 328. The van der Waals surface area contributed by atoms with E-state index in [0.29, 0.717) is 16.6 Å². The second-order valence-electron chi connectivity index (χ2n) is 3.64. The van der Waals surface area contributed by atoms with Gasteiger partial charge in [0.2, 0.25) is 0 Å². The topological polar surface area (TPSA) is 32.3 Å². The highest BCUT2D eigenvalue weighted by atomic mass is 35.5. The molecule has 0 saturated heterocycles. The van der Waals surface area contributed by atoms with Crippen molar-refractivity contribution >= 4 is 23.2 Å². The third-order valence-corrected chi connectivity index (χ3v) is 2.72. The zero-order chi connectivity index (χ0) is 11.4. The Hall–Kier alpha value is -0.280. The SMILES string of the molecule is C[C@H](O)CN[C@@H](C)c1cc(Cl)ccc1Cl. The average molecular weight is 248 g/mol. The van der Waals surface area contributed by atoms with Gasteiger partial charge in [-0.3, -0.25) is 0 Å². The molecule has 0 aliphatic carbocycles. The van der Waals surface area contributed by atoms with Crippen LogP contribution in [-0.2, 0) is 0 Å². The van der Waals surface area contributed by atoms with Crippen molar-refractivity contribution < 1.29 is 5.11 Å². The fourth-order valence-corrected chi connectivity index (χ4v) is 1.77. The first-order valence-electron chi connectivity index (χ1n) is 4.87. The summed E-state index contributed by atoms with van der Waals surface area (Å²) in [6, 6.07) is 5.45. The van der Waals surface area contributed by atoms with Crippen LogP contribution in [0, 0.1) is 0 Å². The van der Waals surface area contributed by atoms with Crippen molar-refractivity contribution in [3.05, 3.63) is 33.8 Å². The van der Waals surface area contributed by atoms with E-state index in [2.05, 4.69) is 5.32 Å². The van der Waals surface area contributed by atoms with Gasteiger partial charge in [0.1, 0.15) is 0 Å². The van der Waals surface area contributed by atoms with Gasteiger partial charge >= 0.3 is 0 Å². The first-order chi connectivity index (χ1) is 7.00. The number of aliphatic hydroxyl groups excluding tert-OH is 1. The van der Waals surface area contributed by atoms with E-state index in [9.17, 15) is 0 Å². The van der Waals surface area contributed by atoms with Gasteiger partial charge in [0.15, 0.2) is 0 Å². The lowest BCUT2D eigenvalue weighted by Gasteiger charge is -2.17. The molecule has 0 aliphatic rings. The Kier molecular flexibility index (Phi) is 4.87. The van der Waals surface area contributed by atoms with Gasteiger partial charge in [-0.1, -0.05) is 23.2 Å². The maximum atomic E-state index is 9.15. The zero-order valence-electron chi connectivity index (χ0n) is 8.80. The minimum absolute atomic E-state index is 0.0748. The molecule has 0 saturated carbocycles. The molecule has 0 bridgehead atoms. The van der Waals surface area contributed by atoms with Crippen molar-refractivity contribution in [1.29, 1.82) is 0 Å². The van der Waals surface area contributed by atoms with Crippen LogP contribution in [0.15, 0.2) is 18.2 Å². The highest BCUT2D eigenvalue weighted by molar-refractivity contribution is 6.33. The van der Waals surface area contributed by atoms with Gasteiger partial charge in [0.05, 0.1) is 6.10 Å². The third kappa shape index (κ3) is 3.99. The lowest BCUT2D eigenvalue weighted by molar-refractivity contribution is 0.187. The molecule has 0 unspecified atom stereocenters. The molecule has 84 valence electrons.